The number of hydrogen-bond acceptors (Lipinski definition) is 4. The van der Waals surface area contributed by atoms with Crippen molar-refractivity contribution in [1.29, 1.82) is 5.26 Å². The molecule has 1 aromatic carbocycles. The van der Waals surface area contributed by atoms with Gasteiger partial charge >= 0.3 is 0 Å². The fraction of sp³-hybridized carbons (Fsp3) is 0.333. The van der Waals surface area contributed by atoms with Crippen molar-refractivity contribution < 1.29 is 14.3 Å². The first-order valence-corrected chi connectivity index (χ1v) is 6.81. The minimum atomic E-state index is -0.222. The maximum atomic E-state index is 11.9. The van der Waals surface area contributed by atoms with E-state index >= 15 is 0 Å². The molecule has 0 saturated carbocycles. The zero-order chi connectivity index (χ0) is 15.3. The Hall–Kier alpha value is -1.80. The Kier molecular flexibility index (Phi) is 5.78. The molecule has 0 saturated heterocycles. The number of ketones is 1. The molecule has 106 valence electrons. The predicted molar refractivity (Wildman–Crippen MR) is 80.7 cm³/mol. The second-order valence-electron chi connectivity index (χ2n) is 4.42. The number of halogens is 1. The zero-order valence-corrected chi connectivity index (χ0v) is 13.4. The Morgan fingerprint density at radius 1 is 1.30 bits per heavy atom. The van der Waals surface area contributed by atoms with Gasteiger partial charge in [-0.15, -0.1) is 0 Å². The Balaban J connectivity index is 3.33. The highest BCUT2D eigenvalue weighted by atomic mass is 79.9. The lowest BCUT2D eigenvalue weighted by molar-refractivity contribution is -0.117. The summed E-state index contributed by atoms with van der Waals surface area (Å²) in [5.74, 6) is 0.704. The normalized spacial score (nSPS) is 11.2. The molecule has 0 atom stereocenters. The standard InChI is InChI=1S/C15H16BrNO3/c1-9(2)15(18)11(8-17)5-10-6-13(19-3)14(20-4)7-12(10)16/h5-7,9H,1-4H3/b11-5-. The third-order valence-corrected chi connectivity index (χ3v) is 3.40. The number of methoxy groups -OCH3 is 2. The summed E-state index contributed by atoms with van der Waals surface area (Å²) >= 11 is 3.39. The first-order chi connectivity index (χ1) is 9.44. The molecule has 0 fully saturated rings. The van der Waals surface area contributed by atoms with Crippen LogP contribution in [0.4, 0.5) is 0 Å². The van der Waals surface area contributed by atoms with E-state index in [0.29, 0.717) is 17.1 Å². The zero-order valence-electron chi connectivity index (χ0n) is 11.9. The summed E-state index contributed by atoms with van der Waals surface area (Å²) in [6, 6.07) is 5.40. The van der Waals surface area contributed by atoms with Crippen LogP contribution in [0.3, 0.4) is 0 Å². The molecular weight excluding hydrogens is 322 g/mol. The van der Waals surface area contributed by atoms with E-state index in [1.807, 2.05) is 6.07 Å². The van der Waals surface area contributed by atoms with Crippen LogP contribution < -0.4 is 9.47 Å². The quantitative estimate of drug-likeness (QED) is 0.608. The van der Waals surface area contributed by atoms with Gasteiger partial charge in [0.1, 0.15) is 6.07 Å². The number of benzene rings is 1. The molecule has 0 aliphatic heterocycles. The molecule has 1 aromatic rings. The average molecular weight is 338 g/mol. The van der Waals surface area contributed by atoms with E-state index in [4.69, 9.17) is 14.7 Å². The molecule has 0 N–H and O–H groups in total. The maximum Gasteiger partial charge on any atom is 0.175 e. The molecule has 4 nitrogen and oxygen atoms in total. The number of Topliss-reactive ketones (excluding diaryl/α,β-unsaturated/α-hetero) is 1. The summed E-state index contributed by atoms with van der Waals surface area (Å²) in [6.45, 7) is 3.52. The highest BCUT2D eigenvalue weighted by molar-refractivity contribution is 9.10. The van der Waals surface area contributed by atoms with Crippen molar-refractivity contribution in [2.24, 2.45) is 5.92 Å². The number of carbonyl (C=O) groups excluding carboxylic acids is 1. The van der Waals surface area contributed by atoms with Crippen molar-refractivity contribution in [1.82, 2.24) is 0 Å². The molecule has 0 heterocycles. The Labute approximate surface area is 127 Å². The summed E-state index contributed by atoms with van der Waals surface area (Å²) in [7, 11) is 3.08. The SMILES string of the molecule is COc1cc(Br)c(/C=C(/C#N)C(=O)C(C)C)cc1OC. The van der Waals surface area contributed by atoms with Crippen LogP contribution in [0.15, 0.2) is 22.2 Å². The highest BCUT2D eigenvalue weighted by Gasteiger charge is 2.15. The smallest absolute Gasteiger partial charge is 0.175 e. The molecule has 5 heteroatoms. The second-order valence-corrected chi connectivity index (χ2v) is 5.27. The lowest BCUT2D eigenvalue weighted by atomic mass is 10.00. The van der Waals surface area contributed by atoms with Gasteiger partial charge in [-0.3, -0.25) is 4.79 Å². The van der Waals surface area contributed by atoms with Crippen molar-refractivity contribution in [3.63, 3.8) is 0 Å². The van der Waals surface area contributed by atoms with E-state index in [0.717, 1.165) is 4.47 Å². The second kappa shape index (κ2) is 7.11. The van der Waals surface area contributed by atoms with Gasteiger partial charge < -0.3 is 9.47 Å². The van der Waals surface area contributed by atoms with Crippen LogP contribution in [-0.2, 0) is 4.79 Å². The molecule has 0 spiro atoms. The highest BCUT2D eigenvalue weighted by Crippen LogP contribution is 2.34. The largest absolute Gasteiger partial charge is 0.493 e. The van der Waals surface area contributed by atoms with Crippen LogP contribution in [0.1, 0.15) is 19.4 Å². The van der Waals surface area contributed by atoms with Crippen molar-refractivity contribution in [3.8, 4) is 17.6 Å². The van der Waals surface area contributed by atoms with Crippen LogP contribution in [0.2, 0.25) is 0 Å². The van der Waals surface area contributed by atoms with Crippen molar-refractivity contribution in [2.75, 3.05) is 14.2 Å². The fourth-order valence-corrected chi connectivity index (χ4v) is 2.04. The number of nitrogens with zero attached hydrogens (tertiary/aromatic N) is 1. The van der Waals surface area contributed by atoms with E-state index in [1.165, 1.54) is 7.11 Å². The van der Waals surface area contributed by atoms with E-state index in [1.54, 1.807) is 39.2 Å². The molecule has 0 aromatic heterocycles. The number of carbonyl (C=O) groups is 1. The Morgan fingerprint density at radius 2 is 1.85 bits per heavy atom. The van der Waals surface area contributed by atoms with E-state index in [-0.39, 0.29) is 17.3 Å². The monoisotopic (exact) mass is 337 g/mol. The molecule has 0 amide bonds. The minimum Gasteiger partial charge on any atom is -0.493 e. The van der Waals surface area contributed by atoms with Crippen molar-refractivity contribution in [2.45, 2.75) is 13.8 Å². The molecular formula is C15H16BrNO3. The van der Waals surface area contributed by atoms with Gasteiger partial charge in [-0.05, 0) is 23.8 Å². The van der Waals surface area contributed by atoms with Crippen LogP contribution >= 0.6 is 15.9 Å². The van der Waals surface area contributed by atoms with E-state index in [2.05, 4.69) is 15.9 Å². The van der Waals surface area contributed by atoms with Gasteiger partial charge in [0.05, 0.1) is 19.8 Å². The predicted octanol–water partition coefficient (Wildman–Crippen LogP) is 3.60. The number of allylic oxidation sites excluding steroid dienone is 1. The topological polar surface area (TPSA) is 59.3 Å². The van der Waals surface area contributed by atoms with Crippen LogP contribution in [-0.4, -0.2) is 20.0 Å². The third kappa shape index (κ3) is 3.61. The minimum absolute atomic E-state index is 0.118. The van der Waals surface area contributed by atoms with Gasteiger partial charge in [-0.1, -0.05) is 29.8 Å². The van der Waals surface area contributed by atoms with Gasteiger partial charge in [-0.25, -0.2) is 0 Å². The van der Waals surface area contributed by atoms with Crippen molar-refractivity contribution >= 4 is 27.8 Å². The molecule has 0 unspecified atom stereocenters. The number of ether oxygens (including phenoxy) is 2. The van der Waals surface area contributed by atoms with E-state index < -0.39 is 0 Å². The first-order valence-electron chi connectivity index (χ1n) is 6.02. The molecule has 0 aliphatic rings. The van der Waals surface area contributed by atoms with Crippen LogP contribution in [0.25, 0.3) is 6.08 Å². The molecule has 0 radical (unpaired) electrons. The molecule has 20 heavy (non-hydrogen) atoms. The van der Waals surface area contributed by atoms with Gasteiger partial charge in [0.25, 0.3) is 0 Å². The lowest BCUT2D eigenvalue weighted by Crippen LogP contribution is -2.08. The lowest BCUT2D eigenvalue weighted by Gasteiger charge is -2.10. The molecule has 0 aliphatic carbocycles. The van der Waals surface area contributed by atoms with Crippen LogP contribution in [0.5, 0.6) is 11.5 Å². The number of rotatable bonds is 5. The van der Waals surface area contributed by atoms with Gasteiger partial charge in [-0.2, -0.15) is 5.26 Å². The maximum absolute atomic E-state index is 11.9. The van der Waals surface area contributed by atoms with E-state index in [9.17, 15) is 4.79 Å². The first kappa shape index (κ1) is 16.3. The number of hydrogen-bond donors (Lipinski definition) is 0. The fourth-order valence-electron chi connectivity index (χ4n) is 1.61. The summed E-state index contributed by atoms with van der Waals surface area (Å²) in [5, 5.41) is 9.11. The average Bonchev–Trinajstić information content (AvgIpc) is 2.44. The van der Waals surface area contributed by atoms with Gasteiger partial charge in [0.15, 0.2) is 17.3 Å². The van der Waals surface area contributed by atoms with Crippen LogP contribution in [0, 0.1) is 17.2 Å². The third-order valence-electron chi connectivity index (χ3n) is 2.71. The van der Waals surface area contributed by atoms with Gasteiger partial charge in [0.2, 0.25) is 0 Å². The Bertz CT molecular complexity index is 586. The van der Waals surface area contributed by atoms with Crippen molar-refractivity contribution in [3.05, 3.63) is 27.7 Å². The molecule has 0 bridgehead atoms. The summed E-state index contributed by atoms with van der Waals surface area (Å²) < 4.78 is 11.1. The van der Waals surface area contributed by atoms with Gasteiger partial charge in [0, 0.05) is 10.4 Å². The molecule has 1 rings (SSSR count). The summed E-state index contributed by atoms with van der Waals surface area (Å²) in [4.78, 5) is 11.9. The number of nitriles is 1. The summed E-state index contributed by atoms with van der Waals surface area (Å²) in [6.07, 6.45) is 1.55. The Morgan fingerprint density at radius 3 is 2.30 bits per heavy atom. The summed E-state index contributed by atoms with van der Waals surface area (Å²) in [5.41, 5.74) is 0.807.